The van der Waals surface area contributed by atoms with E-state index in [1.807, 2.05) is 39.8 Å². The van der Waals surface area contributed by atoms with Crippen LogP contribution in [0.15, 0.2) is 77.7 Å². The Balaban J connectivity index is 2.04. The van der Waals surface area contributed by atoms with Gasteiger partial charge in [0.1, 0.15) is 12.6 Å². The van der Waals surface area contributed by atoms with E-state index in [-0.39, 0.29) is 23.3 Å². The summed E-state index contributed by atoms with van der Waals surface area (Å²) in [6, 6.07) is 19.6. The average molecular weight is 570 g/mol. The second-order valence-electron chi connectivity index (χ2n) is 10.0. The highest BCUT2D eigenvalue weighted by Gasteiger charge is 2.33. The van der Waals surface area contributed by atoms with E-state index in [0.717, 1.165) is 21.0 Å². The van der Waals surface area contributed by atoms with Crippen molar-refractivity contribution in [3.63, 3.8) is 0 Å². The van der Waals surface area contributed by atoms with Crippen LogP contribution >= 0.6 is 11.6 Å². The molecule has 0 saturated carbocycles. The number of rotatable bonds is 11. The topological polar surface area (TPSA) is 86.8 Å². The van der Waals surface area contributed by atoms with Crippen LogP contribution in [0, 0.1) is 19.8 Å². The molecule has 1 N–H and O–H groups in total. The number of carbonyl (C=O) groups excluding carboxylic acids is 2. The number of nitrogens with one attached hydrogen (secondary N) is 1. The molecule has 208 valence electrons. The molecule has 0 bridgehead atoms. The molecular weight excluding hydrogens is 534 g/mol. The fourth-order valence-corrected chi connectivity index (χ4v) is 5.81. The van der Waals surface area contributed by atoms with E-state index in [0.29, 0.717) is 17.3 Å². The van der Waals surface area contributed by atoms with Gasteiger partial charge in [0, 0.05) is 18.1 Å². The molecule has 0 unspecified atom stereocenters. The molecule has 0 fully saturated rings. The molecule has 0 spiro atoms. The lowest BCUT2D eigenvalue weighted by Crippen LogP contribution is -2.51. The van der Waals surface area contributed by atoms with Crippen molar-refractivity contribution in [3.8, 4) is 0 Å². The van der Waals surface area contributed by atoms with Crippen molar-refractivity contribution >= 4 is 39.1 Å². The Morgan fingerprint density at radius 2 is 1.59 bits per heavy atom. The number of halogens is 1. The minimum Gasteiger partial charge on any atom is -0.354 e. The van der Waals surface area contributed by atoms with E-state index in [1.54, 1.807) is 55.5 Å². The Morgan fingerprint density at radius 3 is 2.23 bits per heavy atom. The number of sulfonamides is 1. The molecule has 2 amide bonds. The van der Waals surface area contributed by atoms with Crippen molar-refractivity contribution in [1.29, 1.82) is 0 Å². The molecule has 9 heteroatoms. The molecule has 0 saturated heterocycles. The molecule has 0 aromatic heterocycles. The van der Waals surface area contributed by atoms with E-state index in [1.165, 1.54) is 17.0 Å². The summed E-state index contributed by atoms with van der Waals surface area (Å²) >= 11 is 6.19. The average Bonchev–Trinajstić information content (AvgIpc) is 2.90. The van der Waals surface area contributed by atoms with Crippen LogP contribution < -0.4 is 9.62 Å². The first-order valence-electron chi connectivity index (χ1n) is 12.9. The normalized spacial score (nSPS) is 12.2. The Morgan fingerprint density at radius 1 is 0.923 bits per heavy atom. The SMILES string of the molecule is Cc1cccc(N(CC(=O)N(Cc2cccc(Cl)c2)[C@@H](C)C(=O)NCC(C)C)S(=O)(=O)c2ccccc2)c1C. The fourth-order valence-electron chi connectivity index (χ4n) is 4.11. The summed E-state index contributed by atoms with van der Waals surface area (Å²) in [6.45, 7) is 9.39. The van der Waals surface area contributed by atoms with Gasteiger partial charge in [-0.1, -0.05) is 67.9 Å². The van der Waals surface area contributed by atoms with Crippen LogP contribution in [-0.2, 0) is 26.2 Å². The molecule has 3 rings (SSSR count). The molecule has 0 aliphatic rings. The molecular formula is C30H36ClN3O4S. The van der Waals surface area contributed by atoms with Gasteiger partial charge in [-0.2, -0.15) is 0 Å². The first kappa shape index (κ1) is 30.2. The zero-order chi connectivity index (χ0) is 28.7. The predicted molar refractivity (Wildman–Crippen MR) is 156 cm³/mol. The third-order valence-electron chi connectivity index (χ3n) is 6.55. The van der Waals surface area contributed by atoms with Gasteiger partial charge in [-0.3, -0.25) is 13.9 Å². The molecule has 0 radical (unpaired) electrons. The minimum absolute atomic E-state index is 0.0721. The Labute approximate surface area is 236 Å². The van der Waals surface area contributed by atoms with Gasteiger partial charge in [0.2, 0.25) is 11.8 Å². The lowest BCUT2D eigenvalue weighted by Gasteiger charge is -2.32. The van der Waals surface area contributed by atoms with Crippen molar-refractivity contribution < 1.29 is 18.0 Å². The standard InChI is InChI=1S/C30H36ClN3O4S/c1-21(2)18-32-30(36)24(5)33(19-25-12-10-13-26(31)17-25)29(35)20-34(28-16-9-11-22(3)23(28)4)39(37,38)27-14-7-6-8-15-27/h6-17,21,24H,18-20H2,1-5H3,(H,32,36)/t24-/m0/s1. The third kappa shape index (κ3) is 7.61. The van der Waals surface area contributed by atoms with E-state index >= 15 is 0 Å². The minimum atomic E-state index is -4.10. The van der Waals surface area contributed by atoms with E-state index in [4.69, 9.17) is 11.6 Å². The van der Waals surface area contributed by atoms with Crippen LogP contribution in [-0.4, -0.2) is 44.3 Å². The van der Waals surface area contributed by atoms with E-state index in [2.05, 4.69) is 5.32 Å². The van der Waals surface area contributed by atoms with E-state index < -0.39 is 28.5 Å². The Bertz CT molecular complexity index is 1410. The number of hydrogen-bond donors (Lipinski definition) is 1. The summed E-state index contributed by atoms with van der Waals surface area (Å²) in [4.78, 5) is 28.5. The zero-order valence-corrected chi connectivity index (χ0v) is 24.6. The summed E-state index contributed by atoms with van der Waals surface area (Å²) in [5, 5.41) is 3.38. The number of benzene rings is 3. The summed E-state index contributed by atoms with van der Waals surface area (Å²) in [7, 11) is -4.10. The smallest absolute Gasteiger partial charge is 0.264 e. The van der Waals surface area contributed by atoms with Gasteiger partial charge in [0.15, 0.2) is 0 Å². The van der Waals surface area contributed by atoms with Crippen molar-refractivity contribution in [2.24, 2.45) is 5.92 Å². The molecule has 39 heavy (non-hydrogen) atoms. The van der Waals surface area contributed by atoms with E-state index in [9.17, 15) is 18.0 Å². The van der Waals surface area contributed by atoms with Gasteiger partial charge < -0.3 is 10.2 Å². The molecule has 3 aromatic rings. The molecule has 0 heterocycles. The molecule has 0 aliphatic carbocycles. The van der Waals surface area contributed by atoms with Gasteiger partial charge >= 0.3 is 0 Å². The first-order valence-corrected chi connectivity index (χ1v) is 14.7. The lowest BCUT2D eigenvalue weighted by atomic mass is 10.1. The quantitative estimate of drug-likeness (QED) is 0.338. The summed E-state index contributed by atoms with van der Waals surface area (Å²) in [5.41, 5.74) is 2.77. The van der Waals surface area contributed by atoms with Crippen molar-refractivity contribution in [1.82, 2.24) is 10.2 Å². The second-order valence-corrected chi connectivity index (χ2v) is 12.3. The van der Waals surface area contributed by atoms with Gasteiger partial charge in [0.25, 0.3) is 10.0 Å². The maximum atomic E-state index is 14.0. The monoisotopic (exact) mass is 569 g/mol. The van der Waals surface area contributed by atoms with Crippen LogP contribution in [0.2, 0.25) is 5.02 Å². The van der Waals surface area contributed by atoms with Gasteiger partial charge in [-0.25, -0.2) is 8.42 Å². The molecule has 0 aliphatic heterocycles. The maximum Gasteiger partial charge on any atom is 0.264 e. The number of aryl methyl sites for hydroxylation is 1. The highest BCUT2D eigenvalue weighted by atomic mass is 35.5. The van der Waals surface area contributed by atoms with Crippen molar-refractivity contribution in [2.45, 2.75) is 52.1 Å². The van der Waals surface area contributed by atoms with Crippen molar-refractivity contribution in [2.75, 3.05) is 17.4 Å². The van der Waals surface area contributed by atoms with Gasteiger partial charge in [0.05, 0.1) is 10.6 Å². The zero-order valence-electron chi connectivity index (χ0n) is 23.0. The fraction of sp³-hybridized carbons (Fsp3) is 0.333. The third-order valence-corrected chi connectivity index (χ3v) is 8.56. The van der Waals surface area contributed by atoms with Crippen LogP contribution in [0.1, 0.15) is 37.5 Å². The van der Waals surface area contributed by atoms with Crippen LogP contribution in [0.25, 0.3) is 0 Å². The molecule has 7 nitrogen and oxygen atoms in total. The Kier molecular flexibility index (Phi) is 10.2. The van der Waals surface area contributed by atoms with Crippen LogP contribution in [0.5, 0.6) is 0 Å². The van der Waals surface area contributed by atoms with Crippen molar-refractivity contribution in [3.05, 3.63) is 94.5 Å². The highest BCUT2D eigenvalue weighted by Crippen LogP contribution is 2.29. The van der Waals surface area contributed by atoms with Crippen LogP contribution in [0.4, 0.5) is 5.69 Å². The highest BCUT2D eigenvalue weighted by molar-refractivity contribution is 7.92. The molecule has 1 atom stereocenters. The number of hydrogen-bond acceptors (Lipinski definition) is 4. The molecule has 3 aromatic carbocycles. The number of nitrogens with zero attached hydrogens (tertiary/aromatic N) is 2. The predicted octanol–water partition coefficient (Wildman–Crippen LogP) is 5.34. The summed E-state index contributed by atoms with van der Waals surface area (Å²) in [5.74, 6) is -0.597. The second kappa shape index (κ2) is 13.1. The van der Waals surface area contributed by atoms with Gasteiger partial charge in [-0.15, -0.1) is 0 Å². The maximum absolute atomic E-state index is 14.0. The largest absolute Gasteiger partial charge is 0.354 e. The lowest BCUT2D eigenvalue weighted by molar-refractivity contribution is -0.139. The summed E-state index contributed by atoms with van der Waals surface area (Å²) < 4.78 is 28.9. The number of amides is 2. The number of carbonyl (C=O) groups is 2. The van der Waals surface area contributed by atoms with Gasteiger partial charge in [-0.05, 0) is 73.7 Å². The first-order chi connectivity index (χ1) is 18.4. The number of anilines is 1. The Hall–Kier alpha value is -3.36. The van der Waals surface area contributed by atoms with Crippen LogP contribution in [0.3, 0.4) is 0 Å². The summed E-state index contributed by atoms with van der Waals surface area (Å²) in [6.07, 6.45) is 0.